The number of unbranched alkanes of at least 4 members (excludes halogenated alkanes) is 57. The van der Waals surface area contributed by atoms with Gasteiger partial charge in [-0.15, -0.1) is 0 Å². The fraction of sp³-hybridized carbons (Fsp3) is 0.955. The molecule has 0 heterocycles. The molecule has 0 saturated carbocycles. The number of hydrogen-bond acceptors (Lipinski definition) is 15. The first kappa shape index (κ1) is 105. The van der Waals surface area contributed by atoms with Crippen molar-refractivity contribution < 1.29 is 80.2 Å². The quantitative estimate of drug-likeness (QED) is 0.0222. The second-order valence-electron chi connectivity index (χ2n) is 32.6. The first-order valence-electron chi connectivity index (χ1n) is 45.5. The van der Waals surface area contributed by atoms with Crippen LogP contribution in [0, 0.1) is 11.8 Å². The number of aliphatic hydroxyl groups excluding tert-OH is 1. The molecule has 0 aliphatic rings. The van der Waals surface area contributed by atoms with Crippen LogP contribution in [0.4, 0.5) is 0 Å². The summed E-state index contributed by atoms with van der Waals surface area (Å²) in [6, 6.07) is 0. The number of carbonyl (C=O) groups is 4. The Morgan fingerprint density at radius 2 is 0.430 bits per heavy atom. The number of rotatable bonds is 87. The van der Waals surface area contributed by atoms with E-state index >= 15 is 0 Å². The van der Waals surface area contributed by atoms with Gasteiger partial charge in [0.15, 0.2) is 12.2 Å². The number of carbonyl (C=O) groups excluding carboxylic acids is 4. The number of phosphoric ester groups is 2. The highest BCUT2D eigenvalue weighted by molar-refractivity contribution is 7.47. The van der Waals surface area contributed by atoms with Gasteiger partial charge in [0.2, 0.25) is 0 Å². The molecule has 0 aromatic rings. The first-order valence-corrected chi connectivity index (χ1v) is 48.5. The second-order valence-corrected chi connectivity index (χ2v) is 35.5. The molecule has 0 aromatic heterocycles. The molecule has 2 unspecified atom stereocenters. The monoisotopic (exact) mass is 1560 g/mol. The molecule has 107 heavy (non-hydrogen) atoms. The summed E-state index contributed by atoms with van der Waals surface area (Å²) < 4.78 is 69.0. The van der Waals surface area contributed by atoms with Gasteiger partial charge < -0.3 is 33.8 Å². The summed E-state index contributed by atoms with van der Waals surface area (Å²) in [6.45, 7) is 9.72. The lowest BCUT2D eigenvalue weighted by Crippen LogP contribution is -2.30. The van der Waals surface area contributed by atoms with Gasteiger partial charge in [-0.1, -0.05) is 420 Å². The molecule has 5 atom stereocenters. The van der Waals surface area contributed by atoms with Gasteiger partial charge in [-0.25, -0.2) is 9.13 Å². The van der Waals surface area contributed by atoms with E-state index in [0.717, 1.165) is 102 Å². The van der Waals surface area contributed by atoms with Gasteiger partial charge in [0, 0.05) is 25.7 Å². The van der Waals surface area contributed by atoms with Crippen molar-refractivity contribution in [2.24, 2.45) is 11.8 Å². The maximum atomic E-state index is 13.2. The molecule has 0 aliphatic carbocycles. The van der Waals surface area contributed by atoms with E-state index in [2.05, 4.69) is 41.5 Å². The van der Waals surface area contributed by atoms with Crippen molar-refractivity contribution >= 4 is 39.5 Å². The van der Waals surface area contributed by atoms with Crippen molar-refractivity contribution in [1.29, 1.82) is 0 Å². The number of esters is 4. The van der Waals surface area contributed by atoms with Crippen molar-refractivity contribution in [2.75, 3.05) is 39.6 Å². The molecular weight excluding hydrogens is 1390 g/mol. The summed E-state index contributed by atoms with van der Waals surface area (Å²) in [4.78, 5) is 73.3. The van der Waals surface area contributed by atoms with Gasteiger partial charge in [-0.3, -0.25) is 37.3 Å². The molecule has 19 heteroatoms. The minimum Gasteiger partial charge on any atom is -0.462 e. The minimum absolute atomic E-state index is 0.108. The smallest absolute Gasteiger partial charge is 0.462 e. The second kappa shape index (κ2) is 79.3. The lowest BCUT2D eigenvalue weighted by Gasteiger charge is -2.21. The zero-order chi connectivity index (χ0) is 78.5. The van der Waals surface area contributed by atoms with Crippen LogP contribution < -0.4 is 0 Å². The predicted molar refractivity (Wildman–Crippen MR) is 442 cm³/mol. The molecule has 0 rings (SSSR count). The Bertz CT molecular complexity index is 2050. The van der Waals surface area contributed by atoms with Crippen molar-refractivity contribution in [3.05, 3.63) is 0 Å². The summed E-state index contributed by atoms with van der Waals surface area (Å²) >= 11 is 0. The summed E-state index contributed by atoms with van der Waals surface area (Å²) in [7, 11) is -9.93. The Kier molecular flexibility index (Phi) is 77.9. The van der Waals surface area contributed by atoms with Crippen molar-refractivity contribution in [1.82, 2.24) is 0 Å². The average molecular weight is 1560 g/mol. The van der Waals surface area contributed by atoms with Crippen molar-refractivity contribution in [2.45, 2.75) is 490 Å². The number of hydrogen-bond donors (Lipinski definition) is 3. The topological polar surface area (TPSA) is 237 Å². The third-order valence-electron chi connectivity index (χ3n) is 20.7. The van der Waals surface area contributed by atoms with Gasteiger partial charge in [-0.05, 0) is 37.5 Å². The van der Waals surface area contributed by atoms with Crippen LogP contribution in [0.15, 0.2) is 0 Å². The standard InChI is InChI=1S/C88H172O17P2/c1-7-9-11-13-15-17-19-20-21-22-23-24-25-26-27-30-36-42-48-54-60-66-72-87(92)105-84(77-99-86(91)71-65-59-53-47-41-35-31-28-29-33-39-44-50-56-62-68-80(3)4)79-103-107(96,97)101-75-82(89)74-100-106(94,95)102-78-83(76-98-85(90)70-64-58-52-46-38-18-16-14-12-10-8-2)104-88(93)73-67-61-55-49-43-37-32-34-40-45-51-57-63-69-81(5)6/h80-84,89H,7-79H2,1-6H3,(H,94,95)(H,96,97)/t82-,83+,84+/m0/s1. The largest absolute Gasteiger partial charge is 0.472 e. The SMILES string of the molecule is CCCCCCCCCCCCCCCCCCCCCCCCC(=O)O[C@H](COC(=O)CCCCCCCCCCCCCCCCCC(C)C)COP(=O)(O)OC[C@@H](O)COP(=O)(O)OC[C@@H](COC(=O)CCCCCCCCCCCCC)OC(=O)CCCCCCCCCCCCCCCC(C)C. The lowest BCUT2D eigenvalue weighted by atomic mass is 10.0. The van der Waals surface area contributed by atoms with E-state index in [1.54, 1.807) is 0 Å². The van der Waals surface area contributed by atoms with E-state index in [1.807, 2.05) is 0 Å². The van der Waals surface area contributed by atoms with Crippen molar-refractivity contribution in [3.63, 3.8) is 0 Å². The molecule has 0 bridgehead atoms. The maximum Gasteiger partial charge on any atom is 0.472 e. The third-order valence-corrected chi connectivity index (χ3v) is 22.6. The molecule has 636 valence electrons. The fourth-order valence-corrected chi connectivity index (χ4v) is 15.4. The molecule has 0 fully saturated rings. The summed E-state index contributed by atoms with van der Waals surface area (Å²) in [5.74, 6) is -0.506. The molecule has 0 aliphatic heterocycles. The Morgan fingerprint density at radius 1 is 0.252 bits per heavy atom. The Hall–Kier alpha value is -1.94. The van der Waals surface area contributed by atoms with Crippen LogP contribution in [0.5, 0.6) is 0 Å². The lowest BCUT2D eigenvalue weighted by molar-refractivity contribution is -0.161. The molecular formula is C88H172O17P2. The normalized spacial score (nSPS) is 13.8. The van der Waals surface area contributed by atoms with Crippen LogP contribution in [0.3, 0.4) is 0 Å². The highest BCUT2D eigenvalue weighted by atomic mass is 31.2. The molecule has 3 N–H and O–H groups in total. The molecule has 0 spiro atoms. The van der Waals surface area contributed by atoms with Crippen molar-refractivity contribution in [3.8, 4) is 0 Å². The van der Waals surface area contributed by atoms with E-state index in [4.69, 9.17) is 37.0 Å². The van der Waals surface area contributed by atoms with Gasteiger partial charge >= 0.3 is 39.5 Å². The summed E-state index contributed by atoms with van der Waals surface area (Å²) in [5.41, 5.74) is 0. The van der Waals surface area contributed by atoms with Gasteiger partial charge in [0.25, 0.3) is 0 Å². The Morgan fingerprint density at radius 3 is 0.636 bits per heavy atom. The molecule has 0 aromatic carbocycles. The predicted octanol–water partition coefficient (Wildman–Crippen LogP) is 27.0. The zero-order valence-corrected chi connectivity index (χ0v) is 72.2. The Balaban J connectivity index is 5.23. The van der Waals surface area contributed by atoms with Gasteiger partial charge in [0.05, 0.1) is 26.4 Å². The first-order chi connectivity index (χ1) is 51.9. The average Bonchev–Trinajstić information content (AvgIpc) is 0.903. The highest BCUT2D eigenvalue weighted by Crippen LogP contribution is 2.45. The van der Waals surface area contributed by atoms with E-state index in [9.17, 15) is 43.2 Å². The minimum atomic E-state index is -4.97. The fourth-order valence-electron chi connectivity index (χ4n) is 13.8. The number of ether oxygens (including phenoxy) is 4. The summed E-state index contributed by atoms with van der Waals surface area (Å²) in [6.07, 6.45) is 72.2. The molecule has 0 saturated heterocycles. The zero-order valence-electron chi connectivity index (χ0n) is 70.5. The van der Waals surface area contributed by atoms with Crippen LogP contribution in [0.1, 0.15) is 472 Å². The maximum absolute atomic E-state index is 13.2. The highest BCUT2D eigenvalue weighted by Gasteiger charge is 2.30. The number of phosphoric acid groups is 2. The van der Waals surface area contributed by atoms with Crippen LogP contribution in [0.2, 0.25) is 0 Å². The van der Waals surface area contributed by atoms with Gasteiger partial charge in [-0.2, -0.15) is 0 Å². The van der Waals surface area contributed by atoms with Crippen LogP contribution in [-0.4, -0.2) is 96.7 Å². The van der Waals surface area contributed by atoms with E-state index in [0.29, 0.717) is 25.7 Å². The molecule has 17 nitrogen and oxygen atoms in total. The van der Waals surface area contributed by atoms with Crippen LogP contribution in [-0.2, 0) is 65.4 Å². The summed E-state index contributed by atoms with van der Waals surface area (Å²) in [5, 5.41) is 10.7. The van der Waals surface area contributed by atoms with Crippen LogP contribution >= 0.6 is 15.6 Å². The van der Waals surface area contributed by atoms with E-state index in [-0.39, 0.29) is 25.7 Å². The molecule has 0 amide bonds. The third kappa shape index (κ3) is 81.9. The van der Waals surface area contributed by atoms with Gasteiger partial charge in [0.1, 0.15) is 19.3 Å². The molecule has 0 radical (unpaired) electrons. The van der Waals surface area contributed by atoms with E-state index < -0.39 is 97.5 Å². The van der Waals surface area contributed by atoms with Crippen LogP contribution in [0.25, 0.3) is 0 Å². The van der Waals surface area contributed by atoms with E-state index in [1.165, 1.54) is 289 Å². The number of aliphatic hydroxyl groups is 1. The Labute approximate surface area is 658 Å².